The first-order chi connectivity index (χ1) is 3.56. The van der Waals surface area contributed by atoms with Crippen LogP contribution >= 0.6 is 41.8 Å². The van der Waals surface area contributed by atoms with E-state index in [4.69, 9.17) is 16.3 Å². The molecule has 0 aromatic heterocycles. The first kappa shape index (κ1) is 9.66. The normalized spacial score (nSPS) is 11.9. The van der Waals surface area contributed by atoms with Crippen LogP contribution in [0.3, 0.4) is 0 Å². The molecular weight excluding hydrogens is 199 g/mol. The van der Waals surface area contributed by atoms with E-state index in [-0.39, 0.29) is 0 Å². The highest BCUT2D eigenvalue weighted by Crippen LogP contribution is 2.56. The van der Waals surface area contributed by atoms with Gasteiger partial charge in [0.25, 0.3) is 0 Å². The molecule has 0 saturated carbocycles. The third-order valence-electron chi connectivity index (χ3n) is 0.351. The van der Waals surface area contributed by atoms with Crippen LogP contribution in [0, 0.1) is 0 Å². The zero-order valence-electron chi connectivity index (χ0n) is 4.02. The molecule has 8 heavy (non-hydrogen) atoms. The lowest BCUT2D eigenvalue weighted by molar-refractivity contribution is 0.398. The van der Waals surface area contributed by atoms with Crippen LogP contribution in [0.4, 0.5) is 0 Å². The first-order valence-corrected chi connectivity index (χ1v) is 7.53. The molecule has 0 heterocycles. The third-order valence-corrected chi connectivity index (χ3v) is 2.06. The average Bonchev–Trinajstić information content (AvgIpc) is 1.59. The fourth-order valence-corrected chi connectivity index (χ4v) is 1.44. The van der Waals surface area contributed by atoms with Crippen molar-refractivity contribution in [3.63, 3.8) is 0 Å². The summed E-state index contributed by atoms with van der Waals surface area (Å²) in [5.74, 6) is 0.666. The maximum atomic E-state index is 4.96. The molecule has 0 spiro atoms. The SMILES string of the molecule is S=P(S)(S)OCCS. The Hall–Kier alpha value is 1.66. The minimum atomic E-state index is -2.01. The van der Waals surface area contributed by atoms with Crippen LogP contribution in [-0.4, -0.2) is 12.4 Å². The van der Waals surface area contributed by atoms with E-state index in [2.05, 4.69) is 37.1 Å². The molecule has 0 N–H and O–H groups in total. The lowest BCUT2D eigenvalue weighted by Gasteiger charge is -2.06. The van der Waals surface area contributed by atoms with E-state index in [0.29, 0.717) is 12.4 Å². The van der Waals surface area contributed by atoms with Crippen molar-refractivity contribution < 1.29 is 4.52 Å². The molecule has 6 heteroatoms. The lowest BCUT2D eigenvalue weighted by Crippen LogP contribution is -1.85. The van der Waals surface area contributed by atoms with Gasteiger partial charge in [0.05, 0.1) is 6.61 Å². The Bertz CT molecular complexity index is 98.2. The van der Waals surface area contributed by atoms with E-state index in [1.54, 1.807) is 0 Å². The zero-order valence-corrected chi connectivity index (χ0v) is 8.41. The second-order valence-corrected chi connectivity index (χ2v) is 10.2. The minimum absolute atomic E-state index is 0.535. The van der Waals surface area contributed by atoms with Crippen LogP contribution < -0.4 is 0 Å². The van der Waals surface area contributed by atoms with Gasteiger partial charge in [0, 0.05) is 5.75 Å². The molecule has 0 amide bonds. The molecule has 1 nitrogen and oxygen atoms in total. The molecule has 50 valence electrons. The molecule has 0 aromatic rings. The molecule has 0 fully saturated rings. The van der Waals surface area contributed by atoms with Crippen LogP contribution in [-0.2, 0) is 16.3 Å². The molecule has 0 aliphatic carbocycles. The van der Waals surface area contributed by atoms with Crippen LogP contribution in [0.2, 0.25) is 0 Å². The smallest absolute Gasteiger partial charge is 0.168 e. The third kappa shape index (κ3) is 7.66. The van der Waals surface area contributed by atoms with Gasteiger partial charge in [-0.2, -0.15) is 12.6 Å². The van der Waals surface area contributed by atoms with E-state index in [9.17, 15) is 0 Å². The van der Waals surface area contributed by atoms with E-state index in [1.165, 1.54) is 0 Å². The van der Waals surface area contributed by atoms with Gasteiger partial charge in [0.1, 0.15) is 0 Å². The lowest BCUT2D eigenvalue weighted by atomic mass is 10.9. The van der Waals surface area contributed by atoms with Crippen LogP contribution in [0.5, 0.6) is 0 Å². The molecule has 0 saturated heterocycles. The Morgan fingerprint density at radius 1 is 1.50 bits per heavy atom. The van der Waals surface area contributed by atoms with Gasteiger partial charge in [-0.15, -0.1) is 24.5 Å². The molecule has 0 aliphatic heterocycles. The van der Waals surface area contributed by atoms with Gasteiger partial charge in [0.15, 0.2) is 4.67 Å². The number of rotatable bonds is 3. The Kier molecular flexibility index (Phi) is 5.40. The van der Waals surface area contributed by atoms with Gasteiger partial charge >= 0.3 is 0 Å². The van der Waals surface area contributed by atoms with E-state index >= 15 is 0 Å². The summed E-state index contributed by atoms with van der Waals surface area (Å²) in [7, 11) is 0. The topological polar surface area (TPSA) is 9.23 Å². The van der Waals surface area contributed by atoms with Gasteiger partial charge in [-0.25, -0.2) is 0 Å². The molecule has 0 bridgehead atoms. The highest BCUT2D eigenvalue weighted by atomic mass is 33.2. The standard InChI is InChI=1S/C2H7OPS4/c5-2-1-3-4(6,7)8/h5H,1-2H2,(H2,6,7,8). The van der Waals surface area contributed by atoms with Crippen molar-refractivity contribution in [3.8, 4) is 0 Å². The van der Waals surface area contributed by atoms with E-state index in [1.807, 2.05) is 0 Å². The molecule has 0 atom stereocenters. The second kappa shape index (κ2) is 4.47. The largest absolute Gasteiger partial charge is 0.333 e. The van der Waals surface area contributed by atoms with Crippen molar-refractivity contribution in [1.29, 1.82) is 0 Å². The van der Waals surface area contributed by atoms with Crippen LogP contribution in [0.1, 0.15) is 0 Å². The quantitative estimate of drug-likeness (QED) is 0.481. The Labute approximate surface area is 70.4 Å². The van der Waals surface area contributed by atoms with Crippen molar-refractivity contribution in [3.05, 3.63) is 0 Å². The fraction of sp³-hybridized carbons (Fsp3) is 1.00. The summed E-state index contributed by atoms with van der Waals surface area (Å²) >= 11 is 16.5. The zero-order chi connectivity index (χ0) is 6.62. The summed E-state index contributed by atoms with van der Waals surface area (Å²) < 4.78 is 2.95. The second-order valence-electron chi connectivity index (χ2n) is 1.05. The van der Waals surface area contributed by atoms with Gasteiger partial charge < -0.3 is 4.52 Å². The van der Waals surface area contributed by atoms with Gasteiger partial charge in [-0.05, 0) is 11.8 Å². The molecular formula is C2H7OPS4. The van der Waals surface area contributed by atoms with Crippen molar-refractivity contribution in [2.24, 2.45) is 0 Å². The summed E-state index contributed by atoms with van der Waals surface area (Å²) in [4.78, 5) is 0. The van der Waals surface area contributed by atoms with Crippen LogP contribution in [0.25, 0.3) is 0 Å². The van der Waals surface area contributed by atoms with Crippen molar-refractivity contribution >= 4 is 53.6 Å². The summed E-state index contributed by atoms with van der Waals surface area (Å²) in [6.45, 7) is 0.535. The molecule has 0 unspecified atom stereocenters. The van der Waals surface area contributed by atoms with E-state index in [0.717, 1.165) is 0 Å². The minimum Gasteiger partial charge on any atom is -0.333 e. The molecule has 0 aliphatic rings. The first-order valence-electron chi connectivity index (χ1n) is 1.87. The molecule has 0 aromatic carbocycles. The maximum absolute atomic E-state index is 4.96. The highest BCUT2D eigenvalue weighted by molar-refractivity contribution is 8.90. The van der Waals surface area contributed by atoms with Gasteiger partial charge in [-0.1, -0.05) is 0 Å². The van der Waals surface area contributed by atoms with Gasteiger partial charge in [0.2, 0.25) is 0 Å². The summed E-state index contributed by atoms with van der Waals surface area (Å²) in [5.41, 5.74) is 0. The van der Waals surface area contributed by atoms with Crippen LogP contribution in [0.15, 0.2) is 0 Å². The molecule has 0 rings (SSSR count). The van der Waals surface area contributed by atoms with Crippen molar-refractivity contribution in [1.82, 2.24) is 0 Å². The summed E-state index contributed by atoms with van der Waals surface area (Å²) in [5, 5.41) is 0. The Morgan fingerprint density at radius 3 is 2.12 bits per heavy atom. The average molecular weight is 206 g/mol. The number of hydrogen-bond donors (Lipinski definition) is 3. The number of thiol groups is 3. The fourth-order valence-electron chi connectivity index (χ4n) is 0.160. The predicted octanol–water partition coefficient (Wildman–Crippen LogP) is 2.02. The predicted molar refractivity (Wildman–Crippen MR) is 52.1 cm³/mol. The highest BCUT2D eigenvalue weighted by Gasteiger charge is 2.01. The van der Waals surface area contributed by atoms with Gasteiger partial charge in [-0.3, -0.25) is 0 Å². The molecule has 0 radical (unpaired) electrons. The summed E-state index contributed by atoms with van der Waals surface area (Å²) in [6.07, 6.45) is 0. The Morgan fingerprint density at radius 2 is 2.00 bits per heavy atom. The van der Waals surface area contributed by atoms with Crippen molar-refractivity contribution in [2.45, 2.75) is 0 Å². The number of hydrogen-bond acceptors (Lipinski definition) is 3. The summed E-state index contributed by atoms with van der Waals surface area (Å²) in [6, 6.07) is 0. The monoisotopic (exact) mass is 206 g/mol. The Balaban J connectivity index is 3.26. The van der Waals surface area contributed by atoms with Crippen molar-refractivity contribution in [2.75, 3.05) is 12.4 Å². The van der Waals surface area contributed by atoms with E-state index < -0.39 is 4.67 Å². The maximum Gasteiger partial charge on any atom is 0.168 e.